The van der Waals surface area contributed by atoms with E-state index < -0.39 is 11.9 Å². The van der Waals surface area contributed by atoms with Crippen molar-refractivity contribution in [2.45, 2.75) is 12.5 Å². The van der Waals surface area contributed by atoms with Gasteiger partial charge in [0, 0.05) is 28.1 Å². The maximum absolute atomic E-state index is 12.3. The number of aromatic nitrogens is 1. The molecule has 1 heterocycles. The number of carbonyl (C=O) groups is 2. The molecule has 0 bridgehead atoms. The topological polar surface area (TPSA) is 85.1 Å². The highest BCUT2D eigenvalue weighted by molar-refractivity contribution is 6.30. The monoisotopic (exact) mass is 353 g/mol. The average molecular weight is 354 g/mol. The lowest BCUT2D eigenvalue weighted by Gasteiger charge is -2.15. The lowest BCUT2D eigenvalue weighted by Crippen LogP contribution is -2.46. The number of benzene rings is 2. The van der Waals surface area contributed by atoms with Gasteiger partial charge in [-0.15, -0.1) is 0 Å². The quantitative estimate of drug-likeness (QED) is 0.739. The third kappa shape index (κ3) is 4.14. The van der Waals surface area contributed by atoms with E-state index in [0.717, 1.165) is 10.9 Å². The van der Waals surface area contributed by atoms with Crippen LogP contribution in [0.3, 0.4) is 0 Å². The maximum Gasteiger partial charge on any atom is 0.251 e. The molecule has 0 spiro atoms. The van der Waals surface area contributed by atoms with E-state index in [1.165, 1.54) is 0 Å². The summed E-state index contributed by atoms with van der Waals surface area (Å²) < 4.78 is 0. The predicted molar refractivity (Wildman–Crippen MR) is 97.3 cm³/mol. The minimum atomic E-state index is -0.850. The molecule has 126 valence electrons. The number of nitrogens with one attached hydrogen (secondary N) is 1. The number of primary amides is 1. The third-order valence-corrected chi connectivity index (χ3v) is 4.08. The summed E-state index contributed by atoms with van der Waals surface area (Å²) in [5.41, 5.74) is 7.36. The zero-order chi connectivity index (χ0) is 17.8. The molecule has 2 aromatic carbocycles. The van der Waals surface area contributed by atoms with Crippen LogP contribution in [-0.4, -0.2) is 22.8 Å². The molecule has 3 aromatic rings. The van der Waals surface area contributed by atoms with Crippen molar-refractivity contribution in [3.05, 3.63) is 76.9 Å². The molecule has 25 heavy (non-hydrogen) atoms. The minimum Gasteiger partial charge on any atom is -0.368 e. The molecule has 0 aliphatic heterocycles. The Bertz CT molecular complexity index is 925. The number of amides is 2. The van der Waals surface area contributed by atoms with Gasteiger partial charge in [0.1, 0.15) is 6.04 Å². The van der Waals surface area contributed by atoms with Crippen LogP contribution in [0.15, 0.2) is 60.7 Å². The fourth-order valence-corrected chi connectivity index (χ4v) is 2.62. The number of hydrogen-bond donors (Lipinski definition) is 2. The summed E-state index contributed by atoms with van der Waals surface area (Å²) in [5, 5.41) is 4.19. The van der Waals surface area contributed by atoms with Crippen molar-refractivity contribution in [1.29, 1.82) is 0 Å². The Morgan fingerprint density at radius 1 is 1.04 bits per heavy atom. The molecule has 0 aliphatic carbocycles. The molecule has 0 aliphatic rings. The predicted octanol–water partition coefficient (Wildman–Crippen LogP) is 2.71. The first-order valence-electron chi connectivity index (χ1n) is 7.73. The Labute approximate surface area is 149 Å². The van der Waals surface area contributed by atoms with Crippen LogP contribution in [0.25, 0.3) is 10.9 Å². The van der Waals surface area contributed by atoms with Crippen LogP contribution in [0.1, 0.15) is 16.1 Å². The summed E-state index contributed by atoms with van der Waals surface area (Å²) >= 11 is 5.81. The van der Waals surface area contributed by atoms with E-state index in [1.807, 2.05) is 36.4 Å². The van der Waals surface area contributed by atoms with Crippen LogP contribution in [0, 0.1) is 0 Å². The van der Waals surface area contributed by atoms with E-state index in [4.69, 9.17) is 17.3 Å². The van der Waals surface area contributed by atoms with Crippen molar-refractivity contribution < 1.29 is 9.59 Å². The van der Waals surface area contributed by atoms with Gasteiger partial charge in [-0.05, 0) is 36.4 Å². The molecule has 3 rings (SSSR count). The van der Waals surface area contributed by atoms with E-state index in [9.17, 15) is 9.59 Å². The van der Waals surface area contributed by atoms with E-state index in [1.54, 1.807) is 24.3 Å². The number of halogens is 1. The van der Waals surface area contributed by atoms with Crippen LogP contribution >= 0.6 is 11.6 Å². The van der Waals surface area contributed by atoms with Gasteiger partial charge in [-0.3, -0.25) is 14.6 Å². The minimum absolute atomic E-state index is 0.222. The van der Waals surface area contributed by atoms with Crippen molar-refractivity contribution >= 4 is 34.3 Å². The highest BCUT2D eigenvalue weighted by atomic mass is 35.5. The lowest BCUT2D eigenvalue weighted by atomic mass is 10.1. The summed E-state index contributed by atoms with van der Waals surface area (Å²) in [6, 6.07) is 17.0. The number of fused-ring (bicyclic) bond motifs is 1. The molecule has 0 saturated heterocycles. The van der Waals surface area contributed by atoms with Gasteiger partial charge in [0.2, 0.25) is 5.91 Å². The van der Waals surface area contributed by atoms with E-state index in [2.05, 4.69) is 10.3 Å². The van der Waals surface area contributed by atoms with Gasteiger partial charge >= 0.3 is 0 Å². The first kappa shape index (κ1) is 16.9. The molecule has 0 fully saturated rings. The molecule has 1 atom stereocenters. The van der Waals surface area contributed by atoms with Gasteiger partial charge in [-0.2, -0.15) is 0 Å². The summed E-state index contributed by atoms with van der Waals surface area (Å²) in [5.74, 6) is -1.00. The first-order valence-corrected chi connectivity index (χ1v) is 8.11. The Morgan fingerprint density at radius 2 is 1.76 bits per heavy atom. The fraction of sp³-hybridized carbons (Fsp3) is 0.105. The number of rotatable bonds is 5. The molecular weight excluding hydrogens is 338 g/mol. The Balaban J connectivity index is 1.77. The van der Waals surface area contributed by atoms with Crippen molar-refractivity contribution in [2.24, 2.45) is 5.73 Å². The van der Waals surface area contributed by atoms with Crippen molar-refractivity contribution in [3.63, 3.8) is 0 Å². The van der Waals surface area contributed by atoms with Crippen LogP contribution in [-0.2, 0) is 11.2 Å². The van der Waals surface area contributed by atoms with E-state index >= 15 is 0 Å². The zero-order valence-corrected chi connectivity index (χ0v) is 14.0. The molecule has 6 heteroatoms. The summed E-state index contributed by atoms with van der Waals surface area (Å²) in [7, 11) is 0. The second-order valence-corrected chi connectivity index (χ2v) is 6.07. The van der Waals surface area contributed by atoms with Gasteiger partial charge in [-0.1, -0.05) is 35.9 Å². The smallest absolute Gasteiger partial charge is 0.251 e. The number of hydrogen-bond acceptors (Lipinski definition) is 3. The number of carbonyl (C=O) groups excluding carboxylic acids is 2. The average Bonchev–Trinajstić information content (AvgIpc) is 2.61. The van der Waals surface area contributed by atoms with Crippen LogP contribution in [0.5, 0.6) is 0 Å². The number of pyridine rings is 1. The van der Waals surface area contributed by atoms with Crippen LogP contribution in [0.2, 0.25) is 5.02 Å². The van der Waals surface area contributed by atoms with Gasteiger partial charge in [0.15, 0.2) is 0 Å². The number of para-hydroxylation sites is 1. The maximum atomic E-state index is 12.3. The summed E-state index contributed by atoms with van der Waals surface area (Å²) in [4.78, 5) is 28.6. The van der Waals surface area contributed by atoms with E-state index in [0.29, 0.717) is 16.3 Å². The first-order chi connectivity index (χ1) is 12.0. The molecule has 1 aromatic heterocycles. The molecule has 3 N–H and O–H groups in total. The van der Waals surface area contributed by atoms with Gasteiger partial charge in [0.25, 0.3) is 5.91 Å². The highest BCUT2D eigenvalue weighted by Crippen LogP contribution is 2.13. The van der Waals surface area contributed by atoms with Gasteiger partial charge in [-0.25, -0.2) is 0 Å². The van der Waals surface area contributed by atoms with Crippen LogP contribution < -0.4 is 11.1 Å². The molecule has 2 amide bonds. The molecule has 5 nitrogen and oxygen atoms in total. The van der Waals surface area contributed by atoms with E-state index in [-0.39, 0.29) is 12.3 Å². The second-order valence-electron chi connectivity index (χ2n) is 5.63. The fourth-order valence-electron chi connectivity index (χ4n) is 2.50. The summed E-state index contributed by atoms with van der Waals surface area (Å²) in [6.45, 7) is 0. The second kappa shape index (κ2) is 7.32. The number of nitrogens with zero attached hydrogens (tertiary/aromatic N) is 1. The Hall–Kier alpha value is -2.92. The molecule has 0 unspecified atom stereocenters. The SMILES string of the molecule is NC(=O)[C@H](Cc1ccc2ccccc2n1)NC(=O)c1ccc(Cl)cc1. The highest BCUT2D eigenvalue weighted by Gasteiger charge is 2.20. The zero-order valence-electron chi connectivity index (χ0n) is 13.3. The van der Waals surface area contributed by atoms with Gasteiger partial charge < -0.3 is 11.1 Å². The molecular formula is C19H16ClN3O2. The van der Waals surface area contributed by atoms with Crippen LogP contribution in [0.4, 0.5) is 0 Å². The number of nitrogens with two attached hydrogens (primary N) is 1. The van der Waals surface area contributed by atoms with Crippen molar-refractivity contribution in [1.82, 2.24) is 10.3 Å². The van der Waals surface area contributed by atoms with Crippen molar-refractivity contribution in [3.8, 4) is 0 Å². The lowest BCUT2D eigenvalue weighted by molar-refractivity contribution is -0.119. The Morgan fingerprint density at radius 3 is 2.48 bits per heavy atom. The third-order valence-electron chi connectivity index (χ3n) is 3.82. The van der Waals surface area contributed by atoms with Gasteiger partial charge in [0.05, 0.1) is 5.52 Å². The Kier molecular flexibility index (Phi) is 4.95. The largest absolute Gasteiger partial charge is 0.368 e. The molecule has 0 saturated carbocycles. The standard InChI is InChI=1S/C19H16ClN3O2/c20-14-8-5-13(6-9-14)19(25)23-17(18(21)24)11-15-10-7-12-3-1-2-4-16(12)22-15/h1-10,17H,11H2,(H2,21,24)(H,23,25)/t17-/m0/s1. The normalized spacial score (nSPS) is 11.9. The molecule has 0 radical (unpaired) electrons. The van der Waals surface area contributed by atoms with Crippen molar-refractivity contribution in [2.75, 3.05) is 0 Å². The summed E-state index contributed by atoms with van der Waals surface area (Å²) in [6.07, 6.45) is 0.222.